The minimum absolute atomic E-state index is 0.199. The minimum Gasteiger partial charge on any atom is -0.464 e. The summed E-state index contributed by atoms with van der Waals surface area (Å²) in [5.41, 5.74) is 1.38. The molecule has 1 fully saturated rings. The number of thiophene rings is 1. The zero-order valence-electron chi connectivity index (χ0n) is 17.7. The van der Waals surface area contributed by atoms with Crippen molar-refractivity contribution in [2.75, 3.05) is 26.2 Å². The second-order valence-corrected chi connectivity index (χ2v) is 10.4. The lowest BCUT2D eigenvalue weighted by Crippen LogP contribution is -2.47. The molecule has 0 radical (unpaired) electrons. The van der Waals surface area contributed by atoms with Crippen LogP contribution in [0.5, 0.6) is 0 Å². The van der Waals surface area contributed by atoms with Gasteiger partial charge in [0.15, 0.2) is 0 Å². The molecule has 4 heterocycles. The van der Waals surface area contributed by atoms with Crippen molar-refractivity contribution >= 4 is 37.7 Å². The summed E-state index contributed by atoms with van der Waals surface area (Å²) < 4.78 is 32.3. The van der Waals surface area contributed by atoms with Crippen LogP contribution < -0.4 is 5.56 Å². The maximum Gasteiger partial charge on any atom is 0.260 e. The molecule has 1 aliphatic rings. The van der Waals surface area contributed by atoms with Gasteiger partial charge in [-0.3, -0.25) is 9.69 Å². The number of H-pyrrole nitrogens is 1. The molecule has 4 aromatic rings. The van der Waals surface area contributed by atoms with E-state index >= 15 is 0 Å². The van der Waals surface area contributed by atoms with Crippen LogP contribution in [0.25, 0.3) is 27.6 Å². The molecule has 8 nitrogen and oxygen atoms in total. The SMILES string of the molecule is O=c1[nH]c(CN2CCN(S(=O)(=O)/C=C/c3ccccc3)CC2)nc2scc(-c3ccco3)c12. The van der Waals surface area contributed by atoms with E-state index in [1.807, 2.05) is 41.8 Å². The lowest BCUT2D eigenvalue weighted by atomic mass is 10.2. The van der Waals surface area contributed by atoms with E-state index in [9.17, 15) is 13.2 Å². The van der Waals surface area contributed by atoms with Crippen molar-refractivity contribution in [1.29, 1.82) is 0 Å². The number of aromatic nitrogens is 2. The van der Waals surface area contributed by atoms with Crippen LogP contribution in [-0.2, 0) is 16.6 Å². The van der Waals surface area contributed by atoms with Crippen LogP contribution in [-0.4, -0.2) is 53.8 Å². The molecule has 0 atom stereocenters. The quantitative estimate of drug-likeness (QED) is 0.452. The van der Waals surface area contributed by atoms with E-state index in [0.717, 1.165) is 11.1 Å². The van der Waals surface area contributed by atoms with Crippen LogP contribution in [0.1, 0.15) is 11.4 Å². The van der Waals surface area contributed by atoms with Gasteiger partial charge in [0, 0.05) is 42.5 Å². The fourth-order valence-electron chi connectivity index (χ4n) is 3.85. The number of aromatic amines is 1. The van der Waals surface area contributed by atoms with Crippen LogP contribution in [0, 0.1) is 0 Å². The van der Waals surface area contributed by atoms with Gasteiger partial charge in [0.05, 0.1) is 18.2 Å². The zero-order valence-corrected chi connectivity index (χ0v) is 19.3. The first-order valence-electron chi connectivity index (χ1n) is 10.5. The number of hydrogen-bond donors (Lipinski definition) is 1. The van der Waals surface area contributed by atoms with Gasteiger partial charge in [0.25, 0.3) is 5.56 Å². The highest BCUT2D eigenvalue weighted by Crippen LogP contribution is 2.31. The third-order valence-corrected chi connectivity index (χ3v) is 8.01. The molecule has 10 heteroatoms. The van der Waals surface area contributed by atoms with E-state index in [-0.39, 0.29) is 5.56 Å². The van der Waals surface area contributed by atoms with Gasteiger partial charge in [-0.25, -0.2) is 13.4 Å². The van der Waals surface area contributed by atoms with Crippen LogP contribution in [0.3, 0.4) is 0 Å². The summed E-state index contributed by atoms with van der Waals surface area (Å²) in [7, 11) is -3.49. The van der Waals surface area contributed by atoms with Crippen LogP contribution in [0.4, 0.5) is 0 Å². The molecule has 0 bridgehead atoms. The van der Waals surface area contributed by atoms with Gasteiger partial charge in [-0.1, -0.05) is 30.3 Å². The summed E-state index contributed by atoms with van der Waals surface area (Å²) in [5, 5.41) is 3.67. The molecular weight excluding hydrogens is 460 g/mol. The molecule has 3 aromatic heterocycles. The lowest BCUT2D eigenvalue weighted by Gasteiger charge is -2.32. The molecule has 170 valence electrons. The van der Waals surface area contributed by atoms with Gasteiger partial charge in [0.1, 0.15) is 16.4 Å². The number of piperazine rings is 1. The number of hydrogen-bond acceptors (Lipinski definition) is 7. The molecule has 1 aliphatic heterocycles. The molecule has 5 rings (SSSR count). The molecule has 0 spiro atoms. The molecular formula is C23H22N4O4S2. The Labute approximate surface area is 194 Å². The normalized spacial score (nSPS) is 16.1. The zero-order chi connectivity index (χ0) is 22.8. The van der Waals surface area contributed by atoms with Crippen LogP contribution >= 0.6 is 11.3 Å². The Bertz CT molecular complexity index is 1430. The van der Waals surface area contributed by atoms with Gasteiger partial charge in [-0.2, -0.15) is 4.31 Å². The van der Waals surface area contributed by atoms with Crippen LogP contribution in [0.15, 0.2) is 68.7 Å². The Morgan fingerprint density at radius 3 is 2.61 bits per heavy atom. The van der Waals surface area contributed by atoms with Gasteiger partial charge < -0.3 is 9.40 Å². The Balaban J connectivity index is 1.25. The highest BCUT2D eigenvalue weighted by Gasteiger charge is 2.25. The molecule has 1 saturated heterocycles. The second kappa shape index (κ2) is 9.06. The molecule has 1 N–H and O–H groups in total. The molecule has 0 saturated carbocycles. The Morgan fingerprint density at radius 2 is 1.88 bits per heavy atom. The molecule has 1 aromatic carbocycles. The second-order valence-electron chi connectivity index (χ2n) is 7.75. The highest BCUT2D eigenvalue weighted by atomic mass is 32.2. The van der Waals surface area contributed by atoms with Crippen molar-refractivity contribution in [1.82, 2.24) is 19.2 Å². The predicted octanol–water partition coefficient (Wildman–Crippen LogP) is 3.36. The van der Waals surface area contributed by atoms with Gasteiger partial charge in [-0.15, -0.1) is 11.3 Å². The third kappa shape index (κ3) is 4.69. The summed E-state index contributed by atoms with van der Waals surface area (Å²) in [6.07, 6.45) is 3.19. The summed E-state index contributed by atoms with van der Waals surface area (Å²) >= 11 is 1.41. The van der Waals surface area contributed by atoms with Crippen molar-refractivity contribution < 1.29 is 12.8 Å². The van der Waals surface area contributed by atoms with Gasteiger partial charge in [-0.05, 0) is 23.8 Å². The maximum absolute atomic E-state index is 12.7. The fourth-order valence-corrected chi connectivity index (χ4v) is 5.97. The lowest BCUT2D eigenvalue weighted by molar-refractivity contribution is 0.179. The number of fused-ring (bicyclic) bond motifs is 1. The van der Waals surface area contributed by atoms with E-state index in [4.69, 9.17) is 4.42 Å². The van der Waals surface area contributed by atoms with Gasteiger partial charge in [0.2, 0.25) is 10.0 Å². The number of sulfonamides is 1. The van der Waals surface area contributed by atoms with Crippen LogP contribution in [0.2, 0.25) is 0 Å². The first kappa shape index (κ1) is 21.8. The Hall–Kier alpha value is -3.05. The smallest absolute Gasteiger partial charge is 0.260 e. The average Bonchev–Trinajstić information content (AvgIpc) is 3.49. The minimum atomic E-state index is -3.49. The monoisotopic (exact) mass is 482 g/mol. The van der Waals surface area contributed by atoms with E-state index in [0.29, 0.717) is 54.5 Å². The summed E-state index contributed by atoms with van der Waals surface area (Å²) in [6.45, 7) is 2.34. The average molecular weight is 483 g/mol. The standard InChI is InChI=1S/C23H22N4O4S2/c28-22-21-18(19-7-4-13-31-19)16-32-23(21)25-20(24-22)15-26-9-11-27(12-10-26)33(29,30)14-8-17-5-2-1-3-6-17/h1-8,13-14,16H,9-12,15H2,(H,24,25,28)/b14-8+. The summed E-state index contributed by atoms with van der Waals surface area (Å²) in [5.74, 6) is 1.21. The predicted molar refractivity (Wildman–Crippen MR) is 129 cm³/mol. The Kier molecular flexibility index (Phi) is 5.98. The summed E-state index contributed by atoms with van der Waals surface area (Å²) in [6, 6.07) is 13.0. The number of rotatable bonds is 6. The van der Waals surface area contributed by atoms with Crippen molar-refractivity contribution in [2.45, 2.75) is 6.54 Å². The first-order chi connectivity index (χ1) is 16.0. The molecule has 33 heavy (non-hydrogen) atoms. The number of nitrogens with one attached hydrogen (secondary N) is 1. The van der Waals surface area contributed by atoms with E-state index in [1.54, 1.807) is 18.4 Å². The van der Waals surface area contributed by atoms with E-state index in [2.05, 4.69) is 14.9 Å². The number of nitrogens with zero attached hydrogens (tertiary/aromatic N) is 3. The number of furan rings is 1. The fraction of sp³-hybridized carbons (Fsp3) is 0.217. The molecule has 0 unspecified atom stereocenters. The Morgan fingerprint density at radius 1 is 1.09 bits per heavy atom. The molecule has 0 amide bonds. The maximum atomic E-state index is 12.7. The third-order valence-electron chi connectivity index (χ3n) is 5.58. The van der Waals surface area contributed by atoms with Crippen molar-refractivity contribution in [3.05, 3.63) is 81.3 Å². The highest BCUT2D eigenvalue weighted by molar-refractivity contribution is 7.92. The first-order valence-corrected chi connectivity index (χ1v) is 12.9. The van der Waals surface area contributed by atoms with Crippen molar-refractivity contribution in [3.8, 4) is 11.3 Å². The largest absolute Gasteiger partial charge is 0.464 e. The number of benzene rings is 1. The van der Waals surface area contributed by atoms with Gasteiger partial charge >= 0.3 is 0 Å². The van der Waals surface area contributed by atoms with E-state index < -0.39 is 10.0 Å². The topological polar surface area (TPSA) is 99.5 Å². The van der Waals surface area contributed by atoms with E-state index in [1.165, 1.54) is 21.1 Å². The van der Waals surface area contributed by atoms with Crippen molar-refractivity contribution in [3.63, 3.8) is 0 Å². The summed E-state index contributed by atoms with van der Waals surface area (Å²) in [4.78, 5) is 23.0. The molecule has 0 aliphatic carbocycles. The van der Waals surface area contributed by atoms with Crippen molar-refractivity contribution in [2.24, 2.45) is 0 Å².